The smallest absolute Gasteiger partial charge is 0.0353 e. The highest BCUT2D eigenvalue weighted by Gasteiger charge is 2.39. The van der Waals surface area contributed by atoms with Crippen molar-refractivity contribution in [1.82, 2.24) is 5.32 Å². The molecule has 2 unspecified atom stereocenters. The highest BCUT2D eigenvalue weighted by atomic mass is 14.9. The molecule has 1 aromatic carbocycles. The molecule has 1 aromatic rings. The Bertz CT molecular complexity index is 391. The van der Waals surface area contributed by atoms with Crippen molar-refractivity contribution in [3.63, 3.8) is 0 Å². The molecule has 0 aromatic heterocycles. The molecule has 1 N–H and O–H groups in total. The van der Waals surface area contributed by atoms with Gasteiger partial charge in [-0.15, -0.1) is 0 Å². The SMILES string of the molecule is CCCNC(c1ccc(C)cc1)C1CCCC1(C)C. The summed E-state index contributed by atoms with van der Waals surface area (Å²) in [6.07, 6.45) is 5.32. The molecular weight excluding hydrogens is 230 g/mol. The lowest BCUT2D eigenvalue weighted by Gasteiger charge is -2.35. The molecule has 106 valence electrons. The molecular formula is C18H29N. The molecule has 1 aliphatic carbocycles. The fourth-order valence-corrected chi connectivity index (χ4v) is 3.54. The Morgan fingerprint density at radius 2 is 1.95 bits per heavy atom. The fourth-order valence-electron chi connectivity index (χ4n) is 3.54. The van der Waals surface area contributed by atoms with Crippen LogP contribution in [0.4, 0.5) is 0 Å². The van der Waals surface area contributed by atoms with E-state index < -0.39 is 0 Å². The molecule has 1 fully saturated rings. The normalized spacial score (nSPS) is 23.5. The first-order chi connectivity index (χ1) is 9.04. The van der Waals surface area contributed by atoms with Crippen LogP contribution in [0.15, 0.2) is 24.3 Å². The maximum Gasteiger partial charge on any atom is 0.0353 e. The van der Waals surface area contributed by atoms with Crippen molar-refractivity contribution in [3.8, 4) is 0 Å². The Morgan fingerprint density at radius 3 is 2.47 bits per heavy atom. The second kappa shape index (κ2) is 6.09. The van der Waals surface area contributed by atoms with Gasteiger partial charge < -0.3 is 5.32 Å². The van der Waals surface area contributed by atoms with Crippen LogP contribution in [0.5, 0.6) is 0 Å². The summed E-state index contributed by atoms with van der Waals surface area (Å²) >= 11 is 0. The average Bonchev–Trinajstić information content (AvgIpc) is 2.72. The van der Waals surface area contributed by atoms with Gasteiger partial charge in [-0.25, -0.2) is 0 Å². The lowest BCUT2D eigenvalue weighted by Crippen LogP contribution is -2.34. The Morgan fingerprint density at radius 1 is 1.26 bits per heavy atom. The Labute approximate surface area is 118 Å². The minimum absolute atomic E-state index is 0.469. The average molecular weight is 259 g/mol. The van der Waals surface area contributed by atoms with Crippen LogP contribution in [-0.4, -0.2) is 6.54 Å². The molecule has 1 saturated carbocycles. The van der Waals surface area contributed by atoms with E-state index in [1.165, 1.54) is 36.8 Å². The van der Waals surface area contributed by atoms with Gasteiger partial charge in [-0.3, -0.25) is 0 Å². The van der Waals surface area contributed by atoms with Crippen LogP contribution in [0, 0.1) is 18.3 Å². The molecule has 0 aliphatic heterocycles. The quantitative estimate of drug-likeness (QED) is 0.796. The summed E-state index contributed by atoms with van der Waals surface area (Å²) in [6.45, 7) is 10.4. The van der Waals surface area contributed by atoms with Gasteiger partial charge in [0.25, 0.3) is 0 Å². The minimum Gasteiger partial charge on any atom is -0.310 e. The molecule has 0 amide bonds. The topological polar surface area (TPSA) is 12.0 Å². The van der Waals surface area contributed by atoms with E-state index in [-0.39, 0.29) is 0 Å². The third kappa shape index (κ3) is 3.39. The maximum atomic E-state index is 3.80. The molecule has 0 heterocycles. The van der Waals surface area contributed by atoms with Crippen molar-refractivity contribution in [2.24, 2.45) is 11.3 Å². The highest BCUT2D eigenvalue weighted by molar-refractivity contribution is 5.25. The Balaban J connectivity index is 2.22. The molecule has 1 heteroatoms. The zero-order valence-electron chi connectivity index (χ0n) is 13.0. The zero-order valence-corrected chi connectivity index (χ0v) is 13.0. The van der Waals surface area contributed by atoms with Crippen molar-refractivity contribution in [2.75, 3.05) is 6.54 Å². The van der Waals surface area contributed by atoms with Crippen molar-refractivity contribution in [1.29, 1.82) is 0 Å². The van der Waals surface area contributed by atoms with E-state index in [2.05, 4.69) is 57.3 Å². The predicted molar refractivity (Wildman–Crippen MR) is 83.3 cm³/mol. The largest absolute Gasteiger partial charge is 0.310 e. The van der Waals surface area contributed by atoms with Crippen LogP contribution >= 0.6 is 0 Å². The highest BCUT2D eigenvalue weighted by Crippen LogP contribution is 2.48. The third-order valence-electron chi connectivity index (χ3n) is 4.79. The minimum atomic E-state index is 0.469. The van der Waals surface area contributed by atoms with Gasteiger partial charge in [-0.2, -0.15) is 0 Å². The van der Waals surface area contributed by atoms with Gasteiger partial charge in [-0.1, -0.05) is 57.0 Å². The number of benzene rings is 1. The Hall–Kier alpha value is -0.820. The van der Waals surface area contributed by atoms with E-state index in [0.29, 0.717) is 11.5 Å². The summed E-state index contributed by atoms with van der Waals surface area (Å²) in [7, 11) is 0. The molecule has 0 bridgehead atoms. The summed E-state index contributed by atoms with van der Waals surface area (Å²) in [5, 5.41) is 3.80. The van der Waals surface area contributed by atoms with Crippen LogP contribution in [0.2, 0.25) is 0 Å². The van der Waals surface area contributed by atoms with E-state index in [9.17, 15) is 0 Å². The molecule has 2 atom stereocenters. The van der Waals surface area contributed by atoms with Gasteiger partial charge in [0.15, 0.2) is 0 Å². The molecule has 2 rings (SSSR count). The van der Waals surface area contributed by atoms with Crippen molar-refractivity contribution < 1.29 is 0 Å². The van der Waals surface area contributed by atoms with Crippen LogP contribution in [-0.2, 0) is 0 Å². The van der Waals surface area contributed by atoms with Gasteiger partial charge in [0.2, 0.25) is 0 Å². The van der Waals surface area contributed by atoms with Crippen LogP contribution in [0.3, 0.4) is 0 Å². The number of hydrogen-bond donors (Lipinski definition) is 1. The van der Waals surface area contributed by atoms with E-state index >= 15 is 0 Å². The van der Waals surface area contributed by atoms with Crippen LogP contribution in [0.1, 0.15) is 63.6 Å². The standard InChI is InChI=1S/C18H29N/c1-5-13-19-17(15-10-8-14(2)9-11-15)16-7-6-12-18(16,3)4/h8-11,16-17,19H,5-7,12-13H2,1-4H3. The summed E-state index contributed by atoms with van der Waals surface area (Å²) in [5.74, 6) is 0.766. The van der Waals surface area contributed by atoms with Crippen LogP contribution < -0.4 is 5.32 Å². The summed E-state index contributed by atoms with van der Waals surface area (Å²) < 4.78 is 0. The molecule has 19 heavy (non-hydrogen) atoms. The predicted octanol–water partition coefficient (Wildman–Crippen LogP) is 4.86. The summed E-state index contributed by atoms with van der Waals surface area (Å²) in [5.41, 5.74) is 3.29. The number of hydrogen-bond acceptors (Lipinski definition) is 1. The second-order valence-electron chi connectivity index (χ2n) is 6.83. The van der Waals surface area contributed by atoms with E-state index in [0.717, 1.165) is 12.5 Å². The van der Waals surface area contributed by atoms with E-state index in [4.69, 9.17) is 0 Å². The lowest BCUT2D eigenvalue weighted by molar-refractivity contribution is 0.198. The van der Waals surface area contributed by atoms with Gasteiger partial charge in [0.05, 0.1) is 0 Å². The van der Waals surface area contributed by atoms with Crippen LogP contribution in [0.25, 0.3) is 0 Å². The monoisotopic (exact) mass is 259 g/mol. The van der Waals surface area contributed by atoms with E-state index in [1.807, 2.05) is 0 Å². The molecule has 1 aliphatic rings. The summed E-state index contributed by atoms with van der Waals surface area (Å²) in [6, 6.07) is 9.65. The van der Waals surface area contributed by atoms with Crippen molar-refractivity contribution in [2.45, 2.75) is 59.4 Å². The molecule has 1 nitrogen and oxygen atoms in total. The third-order valence-corrected chi connectivity index (χ3v) is 4.79. The molecule has 0 radical (unpaired) electrons. The van der Waals surface area contributed by atoms with Gasteiger partial charge in [-0.05, 0) is 49.6 Å². The van der Waals surface area contributed by atoms with Gasteiger partial charge in [0.1, 0.15) is 0 Å². The first-order valence-corrected chi connectivity index (χ1v) is 7.84. The Kier molecular flexibility index (Phi) is 4.67. The summed E-state index contributed by atoms with van der Waals surface area (Å²) in [4.78, 5) is 0. The number of nitrogens with one attached hydrogen (secondary N) is 1. The first kappa shape index (κ1) is 14.6. The second-order valence-corrected chi connectivity index (χ2v) is 6.83. The van der Waals surface area contributed by atoms with Crippen molar-refractivity contribution in [3.05, 3.63) is 35.4 Å². The number of aryl methyl sites for hydroxylation is 1. The van der Waals surface area contributed by atoms with E-state index in [1.54, 1.807) is 0 Å². The van der Waals surface area contributed by atoms with Gasteiger partial charge >= 0.3 is 0 Å². The van der Waals surface area contributed by atoms with Crippen molar-refractivity contribution >= 4 is 0 Å². The zero-order chi connectivity index (χ0) is 13.9. The first-order valence-electron chi connectivity index (χ1n) is 7.84. The lowest BCUT2D eigenvalue weighted by atomic mass is 9.75. The fraction of sp³-hybridized carbons (Fsp3) is 0.667. The molecule has 0 spiro atoms. The van der Waals surface area contributed by atoms with Gasteiger partial charge in [0, 0.05) is 6.04 Å². The molecule has 0 saturated heterocycles. The number of rotatable bonds is 5. The maximum absolute atomic E-state index is 3.80.